The van der Waals surface area contributed by atoms with Crippen molar-refractivity contribution in [3.05, 3.63) is 30.3 Å². The Labute approximate surface area is 166 Å². The second-order valence-electron chi connectivity index (χ2n) is 7.93. The number of carbonyl (C=O) groups excluding carboxylic acids is 1. The number of rotatable bonds is 7. The average Bonchev–Trinajstić information content (AvgIpc) is 3.56. The second-order valence-corrected chi connectivity index (χ2v) is 7.93. The highest BCUT2D eigenvalue weighted by atomic mass is 16.3. The molecule has 4 rings (SSSR count). The summed E-state index contributed by atoms with van der Waals surface area (Å²) < 4.78 is 0. The van der Waals surface area contributed by atoms with Crippen LogP contribution in [0.2, 0.25) is 0 Å². The van der Waals surface area contributed by atoms with E-state index < -0.39 is 0 Å². The molecule has 6 heteroatoms. The van der Waals surface area contributed by atoms with Crippen molar-refractivity contribution < 1.29 is 9.90 Å². The molecule has 0 spiro atoms. The summed E-state index contributed by atoms with van der Waals surface area (Å²) in [6.07, 6.45) is 4.29. The third-order valence-corrected chi connectivity index (χ3v) is 6.04. The van der Waals surface area contributed by atoms with E-state index in [-0.39, 0.29) is 17.6 Å². The highest BCUT2D eigenvalue weighted by molar-refractivity contribution is 5.85. The summed E-state index contributed by atoms with van der Waals surface area (Å²) in [5, 5.41) is 14.1. The van der Waals surface area contributed by atoms with Gasteiger partial charge in [0.15, 0.2) is 0 Å². The number of piperidine rings is 1. The molecule has 1 amide bonds. The van der Waals surface area contributed by atoms with E-state index in [4.69, 9.17) is 0 Å². The molecule has 2 heterocycles. The third-order valence-electron chi connectivity index (χ3n) is 6.04. The number of anilines is 1. The van der Waals surface area contributed by atoms with Crippen LogP contribution in [-0.2, 0) is 4.79 Å². The third kappa shape index (κ3) is 4.22. The van der Waals surface area contributed by atoms with Gasteiger partial charge in [-0.1, -0.05) is 19.1 Å². The zero-order valence-electron chi connectivity index (χ0n) is 16.6. The Morgan fingerprint density at radius 2 is 2.00 bits per heavy atom. The van der Waals surface area contributed by atoms with Crippen molar-refractivity contribution in [1.29, 1.82) is 0 Å². The highest BCUT2D eigenvalue weighted by Gasteiger charge is 2.28. The van der Waals surface area contributed by atoms with Crippen LogP contribution in [0.15, 0.2) is 30.3 Å². The van der Waals surface area contributed by atoms with Crippen LogP contribution in [0.5, 0.6) is 5.75 Å². The van der Waals surface area contributed by atoms with Gasteiger partial charge in [0, 0.05) is 43.5 Å². The van der Waals surface area contributed by atoms with Gasteiger partial charge in [-0.25, -0.2) is 4.98 Å². The maximum absolute atomic E-state index is 12.5. The minimum Gasteiger partial charge on any atom is -0.506 e. The summed E-state index contributed by atoms with van der Waals surface area (Å²) in [6, 6.07) is 10.2. The number of carbonyl (C=O) groups is 1. The Bertz CT molecular complexity index is 828. The number of hydrogen-bond donors (Lipinski definition) is 2. The number of pyridine rings is 1. The zero-order chi connectivity index (χ0) is 19.5. The largest absolute Gasteiger partial charge is 0.506 e. The summed E-state index contributed by atoms with van der Waals surface area (Å²) in [7, 11) is 0. The fourth-order valence-electron chi connectivity index (χ4n) is 4.17. The van der Waals surface area contributed by atoms with Crippen molar-refractivity contribution in [2.45, 2.75) is 38.6 Å². The normalized spacial score (nSPS) is 18.0. The first kappa shape index (κ1) is 19.0. The van der Waals surface area contributed by atoms with E-state index in [9.17, 15) is 9.90 Å². The second kappa shape index (κ2) is 8.35. The quantitative estimate of drug-likeness (QED) is 0.771. The van der Waals surface area contributed by atoms with Gasteiger partial charge in [0.1, 0.15) is 17.1 Å². The van der Waals surface area contributed by atoms with Crippen molar-refractivity contribution in [3.8, 4) is 5.75 Å². The predicted octanol–water partition coefficient (Wildman–Crippen LogP) is 2.76. The number of phenolic OH excluding ortho intramolecular Hbond substituents is 1. The first-order valence-electron chi connectivity index (χ1n) is 10.5. The Balaban J connectivity index is 1.28. The van der Waals surface area contributed by atoms with Crippen LogP contribution in [0.1, 0.15) is 32.6 Å². The van der Waals surface area contributed by atoms with Crippen molar-refractivity contribution in [2.75, 3.05) is 37.6 Å². The number of fused-ring (bicyclic) bond motifs is 1. The first-order valence-corrected chi connectivity index (χ1v) is 10.5. The number of phenols is 1. The molecule has 0 radical (unpaired) electrons. The average molecular weight is 383 g/mol. The van der Waals surface area contributed by atoms with Crippen molar-refractivity contribution in [1.82, 2.24) is 15.2 Å². The van der Waals surface area contributed by atoms with Crippen LogP contribution in [-0.4, -0.2) is 59.7 Å². The molecule has 1 saturated heterocycles. The van der Waals surface area contributed by atoms with Gasteiger partial charge >= 0.3 is 0 Å². The molecule has 6 nitrogen and oxygen atoms in total. The molecule has 2 aliphatic rings. The van der Waals surface area contributed by atoms with Crippen LogP contribution in [0.3, 0.4) is 0 Å². The smallest absolute Gasteiger partial charge is 0.223 e. The van der Waals surface area contributed by atoms with Crippen LogP contribution < -0.4 is 10.2 Å². The van der Waals surface area contributed by atoms with Crippen LogP contribution in [0, 0.1) is 5.92 Å². The van der Waals surface area contributed by atoms with Gasteiger partial charge in [0.05, 0.1) is 0 Å². The van der Waals surface area contributed by atoms with E-state index in [0.717, 1.165) is 62.8 Å². The van der Waals surface area contributed by atoms with E-state index in [2.05, 4.69) is 27.0 Å². The lowest BCUT2D eigenvalue weighted by molar-refractivity contribution is -0.125. The van der Waals surface area contributed by atoms with E-state index in [1.54, 1.807) is 6.07 Å². The maximum Gasteiger partial charge on any atom is 0.223 e. The number of aromatic hydroxyl groups is 1. The van der Waals surface area contributed by atoms with Crippen LogP contribution >= 0.6 is 0 Å². The van der Waals surface area contributed by atoms with Crippen molar-refractivity contribution in [3.63, 3.8) is 0 Å². The Morgan fingerprint density at radius 1 is 1.21 bits per heavy atom. The predicted molar refractivity (Wildman–Crippen MR) is 112 cm³/mol. The standard InChI is InChI=1S/C22H30N4O2/c1-2-25(18-7-8-18)15-12-23-22(28)17-10-13-26(14-11-17)20-9-6-16-4-3-5-19(27)21(16)24-20/h3-6,9,17-18,27H,2,7-8,10-15H2,1H3,(H,23,28). The molecular formula is C22H30N4O2. The van der Waals surface area contributed by atoms with Crippen LogP contribution in [0.4, 0.5) is 5.82 Å². The summed E-state index contributed by atoms with van der Waals surface area (Å²) >= 11 is 0. The molecule has 0 atom stereocenters. The van der Waals surface area contributed by atoms with Crippen molar-refractivity contribution >= 4 is 22.6 Å². The Kier molecular flexibility index (Phi) is 5.67. The van der Waals surface area contributed by atoms with Gasteiger partial charge in [0.2, 0.25) is 5.91 Å². The lowest BCUT2D eigenvalue weighted by Crippen LogP contribution is -2.43. The molecule has 2 fully saturated rings. The number of hydrogen-bond acceptors (Lipinski definition) is 5. The van der Waals surface area contributed by atoms with Gasteiger partial charge in [-0.2, -0.15) is 0 Å². The number of nitrogens with one attached hydrogen (secondary N) is 1. The van der Waals surface area contributed by atoms with Crippen LogP contribution in [0.25, 0.3) is 10.9 Å². The van der Waals surface area contributed by atoms with E-state index in [1.165, 1.54) is 12.8 Å². The summed E-state index contributed by atoms with van der Waals surface area (Å²) in [4.78, 5) is 21.8. The SMILES string of the molecule is CCN(CCNC(=O)C1CCN(c2ccc3cccc(O)c3n2)CC1)C1CC1. The number of likely N-dealkylation sites (N-methyl/N-ethyl adjacent to an activating group) is 1. The minimum atomic E-state index is 0.0844. The van der Waals surface area contributed by atoms with Gasteiger partial charge in [-0.05, 0) is 50.4 Å². The Morgan fingerprint density at radius 3 is 2.71 bits per heavy atom. The lowest BCUT2D eigenvalue weighted by atomic mass is 9.96. The molecule has 2 aromatic rings. The highest BCUT2D eigenvalue weighted by Crippen LogP contribution is 2.28. The molecule has 1 aliphatic heterocycles. The molecule has 2 N–H and O–H groups in total. The van der Waals surface area contributed by atoms with Crippen molar-refractivity contribution in [2.24, 2.45) is 5.92 Å². The molecule has 1 saturated carbocycles. The lowest BCUT2D eigenvalue weighted by Gasteiger charge is -2.32. The number of para-hydroxylation sites is 1. The molecule has 28 heavy (non-hydrogen) atoms. The number of nitrogens with zero attached hydrogens (tertiary/aromatic N) is 3. The molecule has 1 aliphatic carbocycles. The van der Waals surface area contributed by atoms with E-state index >= 15 is 0 Å². The van der Waals surface area contributed by atoms with E-state index in [1.807, 2.05) is 24.3 Å². The minimum absolute atomic E-state index is 0.0844. The summed E-state index contributed by atoms with van der Waals surface area (Å²) in [5.41, 5.74) is 0.635. The molecule has 0 unspecified atom stereocenters. The number of amides is 1. The monoisotopic (exact) mass is 382 g/mol. The molecule has 0 bridgehead atoms. The van der Waals surface area contributed by atoms with Gasteiger partial charge in [0.25, 0.3) is 0 Å². The maximum atomic E-state index is 12.5. The van der Waals surface area contributed by atoms with E-state index in [0.29, 0.717) is 5.52 Å². The molecule has 1 aromatic heterocycles. The number of aromatic nitrogens is 1. The summed E-state index contributed by atoms with van der Waals surface area (Å²) in [5.74, 6) is 1.36. The van der Waals surface area contributed by atoms with Gasteiger partial charge < -0.3 is 15.3 Å². The fraction of sp³-hybridized carbons (Fsp3) is 0.545. The molecular weight excluding hydrogens is 352 g/mol. The number of benzene rings is 1. The fourth-order valence-corrected chi connectivity index (χ4v) is 4.17. The molecule has 1 aromatic carbocycles. The summed E-state index contributed by atoms with van der Waals surface area (Å²) in [6.45, 7) is 6.58. The van der Waals surface area contributed by atoms with Gasteiger partial charge in [-0.15, -0.1) is 0 Å². The Hall–Kier alpha value is -2.34. The molecule has 150 valence electrons. The first-order chi connectivity index (χ1) is 13.7. The topological polar surface area (TPSA) is 68.7 Å². The zero-order valence-corrected chi connectivity index (χ0v) is 16.6. The van der Waals surface area contributed by atoms with Gasteiger partial charge in [-0.3, -0.25) is 9.69 Å².